The van der Waals surface area contributed by atoms with E-state index in [0.717, 1.165) is 0 Å². The van der Waals surface area contributed by atoms with Gasteiger partial charge in [-0.05, 0) is 12.3 Å². The molecule has 0 spiro atoms. The van der Waals surface area contributed by atoms with Crippen molar-refractivity contribution in [2.24, 2.45) is 12.5 Å². The minimum absolute atomic E-state index is 0.178. The van der Waals surface area contributed by atoms with Gasteiger partial charge in [-0.2, -0.15) is 4.72 Å². The minimum Gasteiger partial charge on any atom is -0.480 e. The van der Waals surface area contributed by atoms with Crippen LogP contribution in [-0.4, -0.2) is 35.1 Å². The maximum atomic E-state index is 12.1. The Kier molecular flexibility index (Phi) is 4.06. The van der Waals surface area contributed by atoms with E-state index in [4.69, 9.17) is 5.11 Å². The maximum Gasteiger partial charge on any atom is 0.322 e. The molecule has 0 saturated carbocycles. The predicted octanol–water partition coefficient (Wildman–Crippen LogP) is 0.506. The molecule has 0 aromatic carbocycles. The third kappa shape index (κ3) is 3.54. The summed E-state index contributed by atoms with van der Waals surface area (Å²) >= 11 is 0. The van der Waals surface area contributed by atoms with Crippen LogP contribution in [0.2, 0.25) is 0 Å². The largest absolute Gasteiger partial charge is 0.480 e. The monoisotopic (exact) mass is 289 g/mol. The Morgan fingerprint density at radius 3 is 2.32 bits per heavy atom. The van der Waals surface area contributed by atoms with Gasteiger partial charge in [0.1, 0.15) is 11.9 Å². The fourth-order valence-electron chi connectivity index (χ4n) is 1.47. The minimum atomic E-state index is -3.95. The molecule has 0 aliphatic heterocycles. The van der Waals surface area contributed by atoms with Gasteiger partial charge in [-0.1, -0.05) is 20.8 Å². The average molecular weight is 289 g/mol. The SMILES string of the molecule is Cc1nc(S(=O)(=O)N[C@H](C(=O)O)C(C)(C)C)cn1C. The van der Waals surface area contributed by atoms with Crippen LogP contribution >= 0.6 is 0 Å². The number of hydrogen-bond acceptors (Lipinski definition) is 4. The van der Waals surface area contributed by atoms with Crippen molar-refractivity contribution in [2.75, 3.05) is 0 Å². The predicted molar refractivity (Wildman–Crippen MR) is 69.1 cm³/mol. The van der Waals surface area contributed by atoms with E-state index in [2.05, 4.69) is 9.71 Å². The summed E-state index contributed by atoms with van der Waals surface area (Å²) in [5.41, 5.74) is -0.747. The summed E-state index contributed by atoms with van der Waals surface area (Å²) in [4.78, 5) is 15.1. The van der Waals surface area contributed by atoms with Gasteiger partial charge in [0, 0.05) is 13.2 Å². The van der Waals surface area contributed by atoms with Crippen molar-refractivity contribution in [1.82, 2.24) is 14.3 Å². The Bertz CT molecular complexity index is 564. The van der Waals surface area contributed by atoms with Gasteiger partial charge < -0.3 is 9.67 Å². The van der Waals surface area contributed by atoms with E-state index in [1.807, 2.05) is 0 Å². The molecule has 8 heteroatoms. The Morgan fingerprint density at radius 1 is 1.47 bits per heavy atom. The van der Waals surface area contributed by atoms with Crippen molar-refractivity contribution >= 4 is 16.0 Å². The second-order valence-electron chi connectivity index (χ2n) is 5.50. The molecular weight excluding hydrogens is 270 g/mol. The van der Waals surface area contributed by atoms with Gasteiger partial charge in [-0.15, -0.1) is 0 Å². The van der Waals surface area contributed by atoms with Crippen molar-refractivity contribution in [3.8, 4) is 0 Å². The summed E-state index contributed by atoms with van der Waals surface area (Å²) in [6, 6.07) is -1.22. The van der Waals surface area contributed by atoms with Gasteiger partial charge >= 0.3 is 5.97 Å². The molecule has 19 heavy (non-hydrogen) atoms. The standard InChI is InChI=1S/C11H19N3O4S/c1-7-12-8(6-14(7)5)19(17,18)13-9(10(15)16)11(2,3)4/h6,9,13H,1-5H3,(H,15,16)/t9-/m1/s1. The number of sulfonamides is 1. The Morgan fingerprint density at radius 2 is 2.00 bits per heavy atom. The molecule has 0 bridgehead atoms. The lowest BCUT2D eigenvalue weighted by atomic mass is 9.88. The van der Waals surface area contributed by atoms with Gasteiger partial charge in [0.2, 0.25) is 0 Å². The first-order valence-electron chi connectivity index (χ1n) is 5.70. The fraction of sp³-hybridized carbons (Fsp3) is 0.636. The molecule has 1 aromatic heterocycles. The molecule has 0 fully saturated rings. The molecule has 0 unspecified atom stereocenters. The molecule has 1 rings (SSSR count). The van der Waals surface area contributed by atoms with Gasteiger partial charge in [-0.3, -0.25) is 4.79 Å². The van der Waals surface area contributed by atoms with Crippen LogP contribution < -0.4 is 4.72 Å². The van der Waals surface area contributed by atoms with Crippen LogP contribution in [0.4, 0.5) is 0 Å². The van der Waals surface area contributed by atoms with Gasteiger partial charge in [0.25, 0.3) is 10.0 Å². The highest BCUT2D eigenvalue weighted by molar-refractivity contribution is 7.89. The van der Waals surface area contributed by atoms with Gasteiger partial charge in [-0.25, -0.2) is 13.4 Å². The summed E-state index contributed by atoms with van der Waals surface area (Å²) in [7, 11) is -2.29. The first-order chi connectivity index (χ1) is 8.45. The van der Waals surface area contributed by atoms with E-state index in [0.29, 0.717) is 5.82 Å². The molecular formula is C11H19N3O4S. The summed E-state index contributed by atoms with van der Waals surface area (Å²) < 4.78 is 28.0. The van der Waals surface area contributed by atoms with Crippen molar-refractivity contribution in [1.29, 1.82) is 0 Å². The van der Waals surface area contributed by atoms with Crippen LogP contribution in [0.3, 0.4) is 0 Å². The maximum absolute atomic E-state index is 12.1. The molecule has 108 valence electrons. The second kappa shape index (κ2) is 4.93. The normalized spacial score (nSPS) is 14.4. The number of aryl methyl sites for hydroxylation is 2. The zero-order valence-corrected chi connectivity index (χ0v) is 12.4. The summed E-state index contributed by atoms with van der Waals surface area (Å²) in [5.74, 6) is -0.688. The van der Waals surface area contributed by atoms with Crippen LogP contribution in [0.15, 0.2) is 11.2 Å². The van der Waals surface area contributed by atoms with Crippen LogP contribution in [0.25, 0.3) is 0 Å². The highest BCUT2D eigenvalue weighted by Gasteiger charge is 2.36. The van der Waals surface area contributed by atoms with Crippen molar-refractivity contribution < 1.29 is 18.3 Å². The number of carbonyl (C=O) groups is 1. The Hall–Kier alpha value is -1.41. The quantitative estimate of drug-likeness (QED) is 0.840. The zero-order chi connectivity index (χ0) is 15.0. The number of rotatable bonds is 4. The number of nitrogens with zero attached hydrogens (tertiary/aromatic N) is 2. The zero-order valence-electron chi connectivity index (χ0n) is 11.6. The van der Waals surface area contributed by atoms with Crippen molar-refractivity contribution in [2.45, 2.75) is 38.8 Å². The number of nitrogens with one attached hydrogen (secondary N) is 1. The van der Waals surface area contributed by atoms with Crippen LogP contribution in [0.1, 0.15) is 26.6 Å². The van der Waals surface area contributed by atoms with Crippen LogP contribution in [0, 0.1) is 12.3 Å². The summed E-state index contributed by atoms with van der Waals surface area (Å²) in [6.45, 7) is 6.62. The van der Waals surface area contributed by atoms with Crippen LogP contribution in [-0.2, 0) is 21.9 Å². The fourth-order valence-corrected chi connectivity index (χ4v) is 2.90. The highest BCUT2D eigenvalue weighted by Crippen LogP contribution is 2.21. The number of carboxylic acids is 1. The van der Waals surface area contributed by atoms with Crippen molar-refractivity contribution in [3.63, 3.8) is 0 Å². The third-order valence-electron chi connectivity index (χ3n) is 2.75. The lowest BCUT2D eigenvalue weighted by Crippen LogP contribution is -2.49. The molecule has 1 heterocycles. The van der Waals surface area contributed by atoms with E-state index in [-0.39, 0.29) is 5.03 Å². The van der Waals surface area contributed by atoms with E-state index >= 15 is 0 Å². The van der Waals surface area contributed by atoms with Gasteiger partial charge in [0.05, 0.1) is 0 Å². The molecule has 2 N–H and O–H groups in total. The first kappa shape index (κ1) is 15.6. The van der Waals surface area contributed by atoms with Crippen LogP contribution in [0.5, 0.6) is 0 Å². The molecule has 0 aliphatic carbocycles. The molecule has 0 amide bonds. The number of aromatic nitrogens is 2. The Balaban J connectivity index is 3.11. The summed E-state index contributed by atoms with van der Waals surface area (Å²) in [6.07, 6.45) is 1.35. The molecule has 1 aromatic rings. The molecule has 1 atom stereocenters. The summed E-state index contributed by atoms with van der Waals surface area (Å²) in [5, 5.41) is 8.95. The number of aliphatic carboxylic acids is 1. The van der Waals surface area contributed by atoms with E-state index < -0.39 is 27.4 Å². The van der Waals surface area contributed by atoms with E-state index in [1.165, 1.54) is 6.20 Å². The lowest BCUT2D eigenvalue weighted by molar-refractivity contribution is -0.141. The van der Waals surface area contributed by atoms with Crippen molar-refractivity contribution in [3.05, 3.63) is 12.0 Å². The smallest absolute Gasteiger partial charge is 0.322 e. The molecule has 0 saturated heterocycles. The van der Waals surface area contributed by atoms with Gasteiger partial charge in [0.15, 0.2) is 5.03 Å². The third-order valence-corrected chi connectivity index (χ3v) is 4.04. The van der Waals surface area contributed by atoms with E-state index in [9.17, 15) is 13.2 Å². The number of imidazole rings is 1. The second-order valence-corrected chi connectivity index (χ2v) is 7.16. The molecule has 0 aliphatic rings. The Labute approximate surface area is 112 Å². The van der Waals surface area contributed by atoms with E-state index in [1.54, 1.807) is 39.3 Å². The highest BCUT2D eigenvalue weighted by atomic mass is 32.2. The first-order valence-corrected chi connectivity index (χ1v) is 7.18. The average Bonchev–Trinajstić information content (AvgIpc) is 2.55. The molecule has 0 radical (unpaired) electrons. The molecule has 7 nitrogen and oxygen atoms in total. The number of carboxylic acid groups (broad SMARTS) is 1. The topological polar surface area (TPSA) is 101 Å². The lowest BCUT2D eigenvalue weighted by Gasteiger charge is -2.27. The number of hydrogen-bond donors (Lipinski definition) is 2.